The molecule has 0 heterocycles. The maximum Gasteiger partial charge on any atom is 0.307 e. The van der Waals surface area contributed by atoms with Crippen molar-refractivity contribution in [3.63, 3.8) is 0 Å². The Kier molecular flexibility index (Phi) is 10.1. The van der Waals surface area contributed by atoms with Crippen LogP contribution < -0.4 is 0 Å². The van der Waals surface area contributed by atoms with Gasteiger partial charge in [-0.15, -0.1) is 12.4 Å². The Balaban J connectivity index is 0. The van der Waals surface area contributed by atoms with Gasteiger partial charge < -0.3 is 5.11 Å². The molecule has 0 aliphatic carbocycles. The summed E-state index contributed by atoms with van der Waals surface area (Å²) in [5.41, 5.74) is 0.843. The highest BCUT2D eigenvalue weighted by Crippen LogP contribution is 1.98. The first-order valence-corrected chi connectivity index (χ1v) is 4.05. The number of halogens is 1. The zero-order valence-electron chi connectivity index (χ0n) is 7.86. The molecule has 1 aromatic carbocycles. The van der Waals surface area contributed by atoms with E-state index >= 15 is 0 Å². The number of hydrogen-bond donors (Lipinski definition) is 1. The van der Waals surface area contributed by atoms with Gasteiger partial charge in [-0.05, 0) is 5.56 Å². The predicted molar refractivity (Wildman–Crippen MR) is 56.4 cm³/mol. The Hall–Kier alpha value is -1.02. The molecule has 0 atom stereocenters. The Morgan fingerprint density at radius 3 is 2.08 bits per heavy atom. The zero-order chi connectivity index (χ0) is 9.40. The summed E-state index contributed by atoms with van der Waals surface area (Å²) >= 11 is 0. The fraction of sp³-hybridized carbons (Fsp3) is 0.300. The molecule has 0 radical (unpaired) electrons. The second kappa shape index (κ2) is 9.07. The molecule has 1 N–H and O–H groups in total. The fourth-order valence-electron chi connectivity index (χ4n) is 0.770. The summed E-state index contributed by atoms with van der Waals surface area (Å²) in [6.07, 6.45) is 0.112. The van der Waals surface area contributed by atoms with Crippen LogP contribution in [0.3, 0.4) is 0 Å². The topological polar surface area (TPSA) is 37.3 Å². The Labute approximate surface area is 85.0 Å². The first-order valence-electron chi connectivity index (χ1n) is 4.05. The third kappa shape index (κ3) is 7.34. The van der Waals surface area contributed by atoms with Gasteiger partial charge >= 0.3 is 5.97 Å². The maximum absolute atomic E-state index is 10.2. The molecule has 0 spiro atoms. The summed E-state index contributed by atoms with van der Waals surface area (Å²) in [4.78, 5) is 10.2. The summed E-state index contributed by atoms with van der Waals surface area (Å²) in [5, 5.41) is 8.37. The molecular weight excluding hydrogens is 188 g/mol. The van der Waals surface area contributed by atoms with Crippen molar-refractivity contribution in [2.75, 3.05) is 0 Å². The van der Waals surface area contributed by atoms with Crippen LogP contribution in [0.25, 0.3) is 0 Å². The van der Waals surface area contributed by atoms with Gasteiger partial charge in [-0.25, -0.2) is 0 Å². The van der Waals surface area contributed by atoms with E-state index in [1.165, 1.54) is 0 Å². The molecular formula is C10H15ClO2. The molecule has 0 aliphatic heterocycles. The number of carbonyl (C=O) groups is 1. The van der Waals surface area contributed by atoms with E-state index < -0.39 is 5.97 Å². The standard InChI is InChI=1S/C8H8O2.C2H6.ClH/c9-8(10)6-7-4-2-1-3-5-7;1-2;/h1-5H,6H2,(H,9,10);1-2H3;1H. The van der Waals surface area contributed by atoms with Gasteiger partial charge in [0.15, 0.2) is 0 Å². The molecule has 2 nitrogen and oxygen atoms in total. The van der Waals surface area contributed by atoms with Crippen molar-refractivity contribution >= 4 is 18.4 Å². The molecule has 3 heteroatoms. The normalized spacial score (nSPS) is 7.54. The van der Waals surface area contributed by atoms with E-state index in [0.29, 0.717) is 0 Å². The van der Waals surface area contributed by atoms with Crippen molar-refractivity contribution in [3.8, 4) is 0 Å². The molecule has 0 saturated heterocycles. The smallest absolute Gasteiger partial charge is 0.307 e. The zero-order valence-corrected chi connectivity index (χ0v) is 8.67. The summed E-state index contributed by atoms with van der Waals surface area (Å²) in [7, 11) is 0. The number of carboxylic acids is 1. The van der Waals surface area contributed by atoms with Crippen LogP contribution in [0.1, 0.15) is 19.4 Å². The molecule has 1 aromatic rings. The van der Waals surface area contributed by atoms with Crippen LogP contribution in [-0.2, 0) is 11.2 Å². The molecule has 0 unspecified atom stereocenters. The molecule has 0 fully saturated rings. The third-order valence-electron chi connectivity index (χ3n) is 1.20. The molecule has 0 saturated carbocycles. The van der Waals surface area contributed by atoms with Crippen molar-refractivity contribution in [3.05, 3.63) is 35.9 Å². The van der Waals surface area contributed by atoms with Crippen molar-refractivity contribution in [1.29, 1.82) is 0 Å². The van der Waals surface area contributed by atoms with E-state index in [1.54, 1.807) is 12.1 Å². The lowest BCUT2D eigenvalue weighted by Crippen LogP contribution is -1.98. The minimum atomic E-state index is -0.786. The Bertz CT molecular complexity index is 222. The molecule has 0 aliphatic rings. The van der Waals surface area contributed by atoms with Gasteiger partial charge in [-0.2, -0.15) is 0 Å². The molecule has 0 amide bonds. The molecule has 0 bridgehead atoms. The van der Waals surface area contributed by atoms with Crippen molar-refractivity contribution in [2.24, 2.45) is 0 Å². The maximum atomic E-state index is 10.2. The average Bonchev–Trinajstić information content (AvgIpc) is 2.08. The van der Waals surface area contributed by atoms with Crippen LogP contribution in [0.4, 0.5) is 0 Å². The average molecular weight is 203 g/mol. The van der Waals surface area contributed by atoms with Crippen molar-refractivity contribution < 1.29 is 9.90 Å². The van der Waals surface area contributed by atoms with E-state index in [9.17, 15) is 4.79 Å². The minimum absolute atomic E-state index is 0. The highest BCUT2D eigenvalue weighted by Gasteiger charge is 1.96. The molecule has 0 aromatic heterocycles. The van der Waals surface area contributed by atoms with E-state index in [2.05, 4.69) is 0 Å². The van der Waals surface area contributed by atoms with Crippen molar-refractivity contribution in [2.45, 2.75) is 20.3 Å². The highest BCUT2D eigenvalue weighted by molar-refractivity contribution is 5.85. The summed E-state index contributed by atoms with van der Waals surface area (Å²) in [6.45, 7) is 4.00. The van der Waals surface area contributed by atoms with Crippen molar-refractivity contribution in [1.82, 2.24) is 0 Å². The number of benzene rings is 1. The van der Waals surface area contributed by atoms with E-state index in [4.69, 9.17) is 5.11 Å². The first kappa shape index (κ1) is 14.5. The Morgan fingerprint density at radius 1 is 1.23 bits per heavy atom. The lowest BCUT2D eigenvalue weighted by Gasteiger charge is -1.92. The van der Waals surface area contributed by atoms with Gasteiger partial charge in [0.05, 0.1) is 6.42 Å². The molecule has 74 valence electrons. The number of aliphatic carboxylic acids is 1. The van der Waals surface area contributed by atoms with Crippen LogP contribution in [-0.4, -0.2) is 11.1 Å². The summed E-state index contributed by atoms with van der Waals surface area (Å²) < 4.78 is 0. The molecule has 13 heavy (non-hydrogen) atoms. The van der Waals surface area contributed by atoms with Crippen LogP contribution in [0.15, 0.2) is 30.3 Å². The quantitative estimate of drug-likeness (QED) is 0.801. The number of carboxylic acid groups (broad SMARTS) is 1. The van der Waals surface area contributed by atoms with E-state index in [1.807, 2.05) is 32.0 Å². The third-order valence-corrected chi connectivity index (χ3v) is 1.20. The van der Waals surface area contributed by atoms with Crippen LogP contribution in [0.5, 0.6) is 0 Å². The van der Waals surface area contributed by atoms with E-state index in [-0.39, 0.29) is 18.8 Å². The predicted octanol–water partition coefficient (Wildman–Crippen LogP) is 2.76. The molecule has 1 rings (SSSR count). The lowest BCUT2D eigenvalue weighted by atomic mass is 10.2. The Morgan fingerprint density at radius 2 is 1.69 bits per heavy atom. The second-order valence-corrected chi connectivity index (χ2v) is 2.06. The van der Waals surface area contributed by atoms with Crippen LogP contribution in [0.2, 0.25) is 0 Å². The number of rotatable bonds is 2. The first-order chi connectivity index (χ1) is 5.79. The van der Waals surface area contributed by atoms with Gasteiger partial charge in [0.1, 0.15) is 0 Å². The number of hydrogen-bond acceptors (Lipinski definition) is 1. The van der Waals surface area contributed by atoms with Gasteiger partial charge in [-0.1, -0.05) is 44.2 Å². The van der Waals surface area contributed by atoms with Crippen LogP contribution >= 0.6 is 12.4 Å². The summed E-state index contributed by atoms with van der Waals surface area (Å²) in [5.74, 6) is -0.786. The minimum Gasteiger partial charge on any atom is -0.481 e. The van der Waals surface area contributed by atoms with E-state index in [0.717, 1.165) is 5.56 Å². The van der Waals surface area contributed by atoms with Gasteiger partial charge in [-0.3, -0.25) is 4.79 Å². The summed E-state index contributed by atoms with van der Waals surface area (Å²) in [6, 6.07) is 9.13. The van der Waals surface area contributed by atoms with Gasteiger partial charge in [0, 0.05) is 0 Å². The van der Waals surface area contributed by atoms with Gasteiger partial charge in [0.2, 0.25) is 0 Å². The largest absolute Gasteiger partial charge is 0.481 e. The monoisotopic (exact) mass is 202 g/mol. The van der Waals surface area contributed by atoms with Crippen LogP contribution in [0, 0.1) is 0 Å². The van der Waals surface area contributed by atoms with Gasteiger partial charge in [0.25, 0.3) is 0 Å². The fourth-order valence-corrected chi connectivity index (χ4v) is 0.770. The lowest BCUT2D eigenvalue weighted by molar-refractivity contribution is -0.136. The SMILES string of the molecule is CC.Cl.O=C(O)Cc1ccccc1. The second-order valence-electron chi connectivity index (χ2n) is 2.06. The highest BCUT2D eigenvalue weighted by atomic mass is 35.5.